The van der Waals surface area contributed by atoms with E-state index < -0.39 is 21.7 Å². The number of nitrogens with one attached hydrogen (secondary N) is 4. The first-order chi connectivity index (χ1) is 23.7. The van der Waals surface area contributed by atoms with E-state index in [9.17, 15) is 17.6 Å². The number of H-pyrrole nitrogens is 2. The van der Waals surface area contributed by atoms with E-state index in [0.29, 0.717) is 57.7 Å². The number of sulfonamides is 1. The second-order valence-electron chi connectivity index (χ2n) is 13.0. The number of halogens is 2. The molecule has 0 radical (unpaired) electrons. The van der Waals surface area contributed by atoms with Gasteiger partial charge in [-0.1, -0.05) is 26.8 Å². The largest absolute Gasteiger partial charge is 0.404 e. The lowest BCUT2D eigenvalue weighted by atomic mass is 9.92. The lowest BCUT2D eigenvalue weighted by Crippen LogP contribution is -2.26. The van der Waals surface area contributed by atoms with Gasteiger partial charge in [-0.15, -0.1) is 0 Å². The Hall–Kier alpha value is -5.28. The molecule has 1 amide bonds. The molecule has 0 spiro atoms. The zero-order valence-corrected chi connectivity index (χ0v) is 29.2. The third-order valence-corrected chi connectivity index (χ3v) is 8.30. The van der Waals surface area contributed by atoms with Gasteiger partial charge in [-0.2, -0.15) is 5.10 Å². The standard InChI is InChI=1S/C35H39F2N9O3S/c1-6-27-30(31(37)26(16-38)22-14-24(19-40-18-22)42-29(47)15-35(2,3)4)33(46-45-27)34-43-28-8-10-39-9-7-25(32(28)44-34)21-11-20(12-23(36)13-21)17-41-50(5,48)49/h6-7,9,11-14,16,18-19,41,45H,8,10,15,17,38H2,1-5H3,(H,42,47)(H,43,44)/b25-7-,26-16-,27-6-,31-30-,39-9?. The number of hydrogen-bond acceptors (Lipinski definition) is 8. The van der Waals surface area contributed by atoms with E-state index in [0.717, 1.165) is 12.5 Å². The Morgan fingerprint density at radius 2 is 1.92 bits per heavy atom. The Bertz CT molecular complexity index is 2260. The zero-order chi connectivity index (χ0) is 36.2. The fourth-order valence-electron chi connectivity index (χ4n) is 5.47. The van der Waals surface area contributed by atoms with Gasteiger partial charge in [0.15, 0.2) is 5.82 Å². The molecule has 3 aromatic heterocycles. The number of aromatic amines is 2. The number of amides is 1. The van der Waals surface area contributed by atoms with Crippen molar-refractivity contribution in [3.8, 4) is 11.5 Å². The van der Waals surface area contributed by atoms with Crippen molar-refractivity contribution in [1.82, 2.24) is 29.9 Å². The number of aromatic nitrogens is 5. The summed E-state index contributed by atoms with van der Waals surface area (Å²) in [5.74, 6) is -1.23. The summed E-state index contributed by atoms with van der Waals surface area (Å²) in [6, 6.07) is 5.84. The Kier molecular flexibility index (Phi) is 10.6. The van der Waals surface area contributed by atoms with E-state index in [-0.39, 0.29) is 46.6 Å². The van der Waals surface area contributed by atoms with Gasteiger partial charge < -0.3 is 16.0 Å². The molecule has 1 aliphatic rings. The smallest absolute Gasteiger partial charge is 0.224 e. The fraction of sp³-hybridized carbons (Fsp3) is 0.286. The summed E-state index contributed by atoms with van der Waals surface area (Å²) in [7, 11) is -3.51. The lowest BCUT2D eigenvalue weighted by molar-refractivity contribution is -0.117. The molecule has 0 aliphatic carbocycles. The number of nitrogens with zero attached hydrogens (tertiary/aromatic N) is 4. The van der Waals surface area contributed by atoms with Crippen molar-refractivity contribution < 1.29 is 22.0 Å². The van der Waals surface area contributed by atoms with Crippen LogP contribution in [0.3, 0.4) is 0 Å². The molecule has 6 N–H and O–H groups in total. The minimum absolute atomic E-state index is 0.0177. The molecule has 4 heterocycles. The maximum absolute atomic E-state index is 16.7. The second-order valence-corrected chi connectivity index (χ2v) is 14.9. The van der Waals surface area contributed by atoms with Crippen LogP contribution in [-0.4, -0.2) is 58.5 Å². The molecule has 0 saturated heterocycles. The first-order valence-corrected chi connectivity index (χ1v) is 17.7. The molecule has 0 atom stereocenters. The van der Waals surface area contributed by atoms with Crippen LogP contribution in [0.4, 0.5) is 14.5 Å². The zero-order valence-electron chi connectivity index (χ0n) is 28.4. The molecule has 0 unspecified atom stereocenters. The van der Waals surface area contributed by atoms with Crippen LogP contribution in [-0.2, 0) is 27.8 Å². The van der Waals surface area contributed by atoms with E-state index in [2.05, 4.69) is 35.2 Å². The number of allylic oxidation sites excluding steroid dienone is 2. The first kappa shape index (κ1) is 36.0. The van der Waals surface area contributed by atoms with Crippen LogP contribution in [0.15, 0.2) is 53.9 Å². The van der Waals surface area contributed by atoms with Crippen molar-refractivity contribution in [1.29, 1.82) is 0 Å². The van der Waals surface area contributed by atoms with Gasteiger partial charge in [0.2, 0.25) is 15.9 Å². The molecular weight excluding hydrogens is 665 g/mol. The van der Waals surface area contributed by atoms with Crippen molar-refractivity contribution in [3.05, 3.63) is 93.4 Å². The van der Waals surface area contributed by atoms with Crippen molar-refractivity contribution >= 4 is 50.9 Å². The highest BCUT2D eigenvalue weighted by Crippen LogP contribution is 2.30. The van der Waals surface area contributed by atoms with E-state index in [4.69, 9.17) is 10.7 Å². The second kappa shape index (κ2) is 14.7. The van der Waals surface area contributed by atoms with E-state index in [1.807, 2.05) is 20.8 Å². The molecule has 262 valence electrons. The number of carbonyl (C=O) groups excluding carboxylic acids is 1. The van der Waals surface area contributed by atoms with Gasteiger partial charge in [-0.3, -0.25) is 19.9 Å². The van der Waals surface area contributed by atoms with Gasteiger partial charge in [-0.05, 0) is 53.8 Å². The summed E-state index contributed by atoms with van der Waals surface area (Å²) < 4.78 is 57.3. The van der Waals surface area contributed by atoms with Gasteiger partial charge in [0, 0.05) is 66.9 Å². The third-order valence-electron chi connectivity index (χ3n) is 7.63. The lowest BCUT2D eigenvalue weighted by Gasteiger charge is -2.17. The van der Waals surface area contributed by atoms with Crippen LogP contribution in [0, 0.1) is 11.2 Å². The monoisotopic (exact) mass is 703 g/mol. The summed E-state index contributed by atoms with van der Waals surface area (Å²) in [5.41, 5.74) is 9.19. The molecule has 1 aliphatic heterocycles. The topological polar surface area (TPSA) is 184 Å². The van der Waals surface area contributed by atoms with Crippen LogP contribution >= 0.6 is 0 Å². The van der Waals surface area contributed by atoms with Gasteiger partial charge in [0.1, 0.15) is 17.3 Å². The first-order valence-electron chi connectivity index (χ1n) is 15.8. The number of anilines is 1. The SMILES string of the molecule is C\C=c1/[nH]nc(-c2nc3c([nH]2)CCN=C/C=C\3c2cc(F)cc(CNS(C)(=O)=O)c2)/c1=C(F)/C(=C\N)c1cncc(NC(=O)CC(C)(C)C)c1. The predicted molar refractivity (Wildman–Crippen MR) is 191 cm³/mol. The van der Waals surface area contributed by atoms with Crippen LogP contribution in [0.1, 0.15) is 62.2 Å². The number of aliphatic imine (C=N–C) groups is 1. The number of fused-ring (bicyclic) bond motifs is 1. The number of pyridine rings is 1. The van der Waals surface area contributed by atoms with Crippen molar-refractivity contribution in [2.75, 3.05) is 18.1 Å². The average molecular weight is 704 g/mol. The highest BCUT2D eigenvalue weighted by molar-refractivity contribution is 7.88. The molecule has 12 nitrogen and oxygen atoms in total. The number of hydrogen-bond donors (Lipinski definition) is 5. The predicted octanol–water partition coefficient (Wildman–Crippen LogP) is 3.69. The summed E-state index contributed by atoms with van der Waals surface area (Å²) in [4.78, 5) is 29.3. The normalized spacial score (nSPS) is 15.9. The van der Waals surface area contributed by atoms with Gasteiger partial charge >= 0.3 is 0 Å². The number of carbonyl (C=O) groups is 1. The Balaban J connectivity index is 1.58. The Labute approximate surface area is 288 Å². The number of nitrogens with two attached hydrogens (primary N) is 1. The third kappa shape index (κ3) is 8.65. The molecule has 50 heavy (non-hydrogen) atoms. The molecular formula is C35H39F2N9O3S. The van der Waals surface area contributed by atoms with E-state index in [1.165, 1.54) is 24.5 Å². The van der Waals surface area contributed by atoms with E-state index in [1.54, 1.807) is 37.4 Å². The van der Waals surface area contributed by atoms with Gasteiger partial charge in [0.25, 0.3) is 0 Å². The number of benzene rings is 1. The Morgan fingerprint density at radius 1 is 1.14 bits per heavy atom. The van der Waals surface area contributed by atoms with E-state index >= 15 is 4.39 Å². The summed E-state index contributed by atoms with van der Waals surface area (Å²) in [6.07, 6.45) is 10.8. The quantitative estimate of drug-likeness (QED) is 0.176. The maximum atomic E-state index is 16.7. The molecule has 15 heteroatoms. The van der Waals surface area contributed by atoms with Gasteiger partial charge in [-0.25, -0.2) is 26.9 Å². The molecule has 5 rings (SSSR count). The minimum atomic E-state index is -3.51. The van der Waals surface area contributed by atoms with Crippen LogP contribution in [0.2, 0.25) is 0 Å². The van der Waals surface area contributed by atoms with Crippen molar-refractivity contribution in [2.24, 2.45) is 16.1 Å². The molecule has 1 aromatic carbocycles. The fourth-order valence-corrected chi connectivity index (χ4v) is 5.90. The van der Waals surface area contributed by atoms with Crippen LogP contribution < -0.4 is 26.3 Å². The van der Waals surface area contributed by atoms with Crippen molar-refractivity contribution in [3.63, 3.8) is 0 Å². The highest BCUT2D eigenvalue weighted by Gasteiger charge is 2.23. The van der Waals surface area contributed by atoms with Crippen LogP contribution in [0.5, 0.6) is 0 Å². The molecule has 0 saturated carbocycles. The van der Waals surface area contributed by atoms with Gasteiger partial charge in [0.05, 0.1) is 34.4 Å². The molecule has 0 fully saturated rings. The maximum Gasteiger partial charge on any atom is 0.224 e. The summed E-state index contributed by atoms with van der Waals surface area (Å²) in [5, 5.41) is 10.6. The highest BCUT2D eigenvalue weighted by atomic mass is 32.2. The van der Waals surface area contributed by atoms with Crippen LogP contribution in [0.25, 0.3) is 34.6 Å². The molecule has 4 aromatic rings. The Morgan fingerprint density at radius 3 is 2.62 bits per heavy atom. The molecule has 0 bridgehead atoms. The van der Waals surface area contributed by atoms with Crippen molar-refractivity contribution in [2.45, 2.75) is 47.1 Å². The summed E-state index contributed by atoms with van der Waals surface area (Å²) >= 11 is 0. The average Bonchev–Trinajstić information content (AvgIpc) is 3.63. The minimum Gasteiger partial charge on any atom is -0.404 e. The number of rotatable bonds is 9. The number of imidazole rings is 1. The summed E-state index contributed by atoms with van der Waals surface area (Å²) in [6.45, 7) is 7.91.